The molecule has 0 bridgehead atoms. The van der Waals surface area contributed by atoms with E-state index in [2.05, 4.69) is 69.6 Å². The van der Waals surface area contributed by atoms with Gasteiger partial charge in [0.25, 0.3) is 0 Å². The quantitative estimate of drug-likeness (QED) is 0.296. The van der Waals surface area contributed by atoms with Crippen LogP contribution >= 0.6 is 23.5 Å². The molecule has 0 fully saturated rings. The maximum Gasteiger partial charge on any atom is 0.523 e. The lowest BCUT2D eigenvalue weighted by Gasteiger charge is -2.33. The van der Waals surface area contributed by atoms with E-state index >= 15 is 0 Å². The second-order valence-corrected chi connectivity index (χ2v) is 15.8. The molecule has 0 saturated carbocycles. The smallest absolute Gasteiger partial charge is 0.268 e. The van der Waals surface area contributed by atoms with Crippen LogP contribution in [0.5, 0.6) is 0 Å². The summed E-state index contributed by atoms with van der Waals surface area (Å²) in [5.74, 6) is 1.23. The van der Waals surface area contributed by atoms with Crippen molar-refractivity contribution >= 4 is 23.5 Å². The van der Waals surface area contributed by atoms with Gasteiger partial charge in [-0.2, -0.15) is 18.1 Å². The van der Waals surface area contributed by atoms with E-state index in [1.807, 2.05) is 0 Å². The molecule has 28 heavy (non-hydrogen) atoms. The minimum Gasteiger partial charge on any atom is -0.268 e. The van der Waals surface area contributed by atoms with Crippen LogP contribution in [0, 0.1) is 23.7 Å². The molecule has 0 amide bonds. The van der Waals surface area contributed by atoms with Crippen molar-refractivity contribution in [2.45, 2.75) is 55.4 Å². The van der Waals surface area contributed by atoms with Gasteiger partial charge in [-0.05, 0) is 28.2 Å². The van der Waals surface area contributed by atoms with E-state index in [-0.39, 0.29) is 0 Å². The molecule has 0 unspecified atom stereocenters. The van der Waals surface area contributed by atoms with E-state index in [0.717, 1.165) is 0 Å². The maximum atomic E-state index is 6.36. The van der Waals surface area contributed by atoms with Crippen LogP contribution in [0.25, 0.3) is 0 Å². The summed E-state index contributed by atoms with van der Waals surface area (Å²) in [4.78, 5) is 6.55. The second kappa shape index (κ2) is 11.4. The summed E-state index contributed by atoms with van der Waals surface area (Å²) in [5, 5.41) is 0. The Morgan fingerprint density at radius 1 is 0.714 bits per heavy atom. The lowest BCUT2D eigenvalue weighted by Crippen LogP contribution is -2.40. The summed E-state index contributed by atoms with van der Waals surface area (Å²) in [5.41, 5.74) is 12.7. The van der Waals surface area contributed by atoms with Crippen LogP contribution < -0.4 is 20.7 Å². The van der Waals surface area contributed by atoms with E-state index in [9.17, 15) is 0 Å². The first-order valence-electron chi connectivity index (χ1n) is 9.95. The van der Waals surface area contributed by atoms with Crippen LogP contribution in [0.3, 0.4) is 0 Å². The molecule has 12 heteroatoms. The van der Waals surface area contributed by atoms with Gasteiger partial charge in [0.2, 0.25) is 7.51 Å². The van der Waals surface area contributed by atoms with Gasteiger partial charge in [-0.3, -0.25) is 11.0 Å². The van der Waals surface area contributed by atoms with Gasteiger partial charge < -0.3 is 0 Å². The largest absolute Gasteiger partial charge is 0.523 e. The molecule has 0 aromatic rings. The van der Waals surface area contributed by atoms with Crippen molar-refractivity contribution in [3.63, 3.8) is 0 Å². The summed E-state index contributed by atoms with van der Waals surface area (Å²) in [7, 11) is -8.71. The van der Waals surface area contributed by atoms with E-state index in [0.29, 0.717) is 50.1 Å². The molecule has 0 radical (unpaired) electrons. The average Bonchev–Trinajstić information content (AvgIpc) is 2.54. The topological polar surface area (TPSA) is 125 Å². The highest BCUT2D eigenvalue weighted by atomic mass is 31.3. The Morgan fingerprint density at radius 2 is 1.07 bits per heavy atom. The standard InChI is InChI=1S/C16H42N5O4P3/c1-13(2)9-22-27(23-10-14(3)4)19-26(17,18)20-28(21-27,24-11-15(5)6)25-12-16(7)8/h13-16,19,21H,9-12,17-18H2,1-8H3/q+2. The molecule has 0 atom stereocenters. The number of nitrogens with one attached hydrogen (secondary N) is 2. The fourth-order valence-electron chi connectivity index (χ4n) is 1.94. The molecule has 0 spiro atoms. The molecule has 0 aliphatic carbocycles. The maximum absolute atomic E-state index is 6.36. The van der Waals surface area contributed by atoms with Gasteiger partial charge in [-0.1, -0.05) is 60.2 Å². The Morgan fingerprint density at radius 3 is 1.43 bits per heavy atom. The fraction of sp³-hybridized carbons (Fsp3) is 1.00. The average molecular weight is 461 g/mol. The third kappa shape index (κ3) is 9.72. The Kier molecular flexibility index (Phi) is 10.9. The zero-order valence-corrected chi connectivity index (χ0v) is 21.4. The molecule has 0 aromatic heterocycles. The van der Waals surface area contributed by atoms with Crippen LogP contribution in [-0.4, -0.2) is 26.4 Å². The Balaban J connectivity index is 3.27. The normalized spacial score (nSPS) is 20.9. The van der Waals surface area contributed by atoms with Gasteiger partial charge in [0.1, 0.15) is 26.4 Å². The Labute approximate surface area is 172 Å². The molecule has 0 aromatic carbocycles. The zero-order chi connectivity index (χ0) is 21.6. The third-order valence-corrected chi connectivity index (χ3v) is 11.7. The SMILES string of the molecule is CC(C)CO[P+]1(OCC(C)C)N=P(N)(N)N[P+](OCC(C)C)(OCC(C)C)N1. The number of hydrogen-bond donors (Lipinski definition) is 4. The summed E-state index contributed by atoms with van der Waals surface area (Å²) in [6.07, 6.45) is 0. The van der Waals surface area contributed by atoms with Crippen molar-refractivity contribution in [1.29, 1.82) is 0 Å². The van der Waals surface area contributed by atoms with Gasteiger partial charge in [0.05, 0.1) is 4.86 Å². The van der Waals surface area contributed by atoms with Crippen molar-refractivity contribution < 1.29 is 18.1 Å². The minimum absolute atomic E-state index is 0.301. The lowest BCUT2D eigenvalue weighted by atomic mass is 10.2. The van der Waals surface area contributed by atoms with Crippen molar-refractivity contribution in [3.05, 3.63) is 0 Å². The Bertz CT molecular complexity index is 504. The monoisotopic (exact) mass is 461 g/mol. The highest BCUT2D eigenvalue weighted by molar-refractivity contribution is 7.89. The van der Waals surface area contributed by atoms with Crippen LogP contribution in [0.2, 0.25) is 0 Å². The fourth-order valence-corrected chi connectivity index (χ4v) is 12.1. The molecule has 1 heterocycles. The van der Waals surface area contributed by atoms with Crippen molar-refractivity contribution in [2.24, 2.45) is 39.2 Å². The molecule has 168 valence electrons. The number of hydrogen-bond acceptors (Lipinski definition) is 9. The highest BCUT2D eigenvalue weighted by Crippen LogP contribution is 2.78. The van der Waals surface area contributed by atoms with Crippen LogP contribution in [-0.2, 0) is 18.1 Å². The molecule has 9 nitrogen and oxygen atoms in total. The van der Waals surface area contributed by atoms with Crippen LogP contribution in [0.15, 0.2) is 4.52 Å². The van der Waals surface area contributed by atoms with Crippen LogP contribution in [0.4, 0.5) is 0 Å². The molecule has 1 aliphatic rings. The van der Waals surface area contributed by atoms with E-state index in [4.69, 9.17) is 29.1 Å². The van der Waals surface area contributed by atoms with Gasteiger partial charge in [-0.15, -0.1) is 0 Å². The number of nitrogens with two attached hydrogens (primary N) is 2. The van der Waals surface area contributed by atoms with Crippen molar-refractivity contribution in [2.75, 3.05) is 26.4 Å². The first kappa shape index (κ1) is 26.8. The predicted octanol–water partition coefficient (Wildman–Crippen LogP) is 5.09. The zero-order valence-electron chi connectivity index (χ0n) is 18.7. The number of rotatable bonds is 12. The summed E-state index contributed by atoms with van der Waals surface area (Å²) >= 11 is 0. The third-order valence-electron chi connectivity index (χ3n) is 3.16. The highest BCUT2D eigenvalue weighted by Gasteiger charge is 2.68. The Hall–Kier alpha value is 0.770. The summed E-state index contributed by atoms with van der Waals surface area (Å²) in [6.45, 7) is 18.5. The first-order valence-corrected chi connectivity index (χ1v) is 15.0. The molecular weight excluding hydrogens is 419 g/mol. The van der Waals surface area contributed by atoms with E-state index in [1.54, 1.807) is 0 Å². The molecular formula is C16H42N5O4P3+2. The predicted molar refractivity (Wildman–Crippen MR) is 121 cm³/mol. The van der Waals surface area contributed by atoms with Gasteiger partial charge in [0.15, 0.2) is 0 Å². The van der Waals surface area contributed by atoms with E-state index in [1.165, 1.54) is 0 Å². The first-order chi connectivity index (χ1) is 12.8. The van der Waals surface area contributed by atoms with Crippen molar-refractivity contribution in [1.82, 2.24) is 9.72 Å². The molecule has 1 rings (SSSR count). The minimum atomic E-state index is -2.95. The van der Waals surface area contributed by atoms with Crippen molar-refractivity contribution in [3.8, 4) is 0 Å². The van der Waals surface area contributed by atoms with Gasteiger partial charge in [-0.25, -0.2) is 0 Å². The molecule has 0 saturated heterocycles. The second-order valence-electron chi connectivity index (χ2n) is 8.86. The summed E-state index contributed by atoms with van der Waals surface area (Å²) < 4.78 is 29.5. The number of nitrogens with zero attached hydrogens (tertiary/aromatic N) is 1. The molecule has 6 N–H and O–H groups in total. The summed E-state index contributed by atoms with van der Waals surface area (Å²) in [6, 6.07) is 0. The van der Waals surface area contributed by atoms with Gasteiger partial charge >= 0.3 is 16.0 Å². The van der Waals surface area contributed by atoms with Crippen LogP contribution in [0.1, 0.15) is 55.4 Å². The molecule has 1 aliphatic heterocycles. The van der Waals surface area contributed by atoms with E-state index < -0.39 is 23.5 Å². The lowest BCUT2D eigenvalue weighted by molar-refractivity contribution is 0.170. The van der Waals surface area contributed by atoms with Gasteiger partial charge in [0, 0.05) is 0 Å².